The molecule has 0 bridgehead atoms. The molecule has 0 aliphatic rings. The maximum atomic E-state index is 12.3. The summed E-state index contributed by atoms with van der Waals surface area (Å²) in [5.41, 5.74) is 6.76. The average Bonchev–Trinajstić information content (AvgIpc) is 3.14. The number of carbonyl (C=O) groups excluding carboxylic acids is 3. The van der Waals surface area contributed by atoms with E-state index in [4.69, 9.17) is 5.73 Å². The van der Waals surface area contributed by atoms with Gasteiger partial charge in [-0.25, -0.2) is 22.9 Å². The van der Waals surface area contributed by atoms with Gasteiger partial charge >= 0.3 is 6.03 Å². The van der Waals surface area contributed by atoms with E-state index in [9.17, 15) is 22.8 Å². The SMILES string of the molecule is Cc1ccc(S(=O)(=O)NC(=O)N[C@@H](CC(N)=O)C(=O)NCCc2cnc[nH]2)cc1. The number of nitrogens with zero attached hydrogens (tertiary/aromatic N) is 1. The first kappa shape index (κ1) is 21.9. The summed E-state index contributed by atoms with van der Waals surface area (Å²) < 4.78 is 26.3. The van der Waals surface area contributed by atoms with Crippen LogP contribution in [0.3, 0.4) is 0 Å². The lowest BCUT2D eigenvalue weighted by atomic mass is 10.2. The van der Waals surface area contributed by atoms with Gasteiger partial charge in [-0.15, -0.1) is 0 Å². The van der Waals surface area contributed by atoms with E-state index in [1.807, 2.05) is 0 Å². The summed E-state index contributed by atoms with van der Waals surface area (Å²) in [5.74, 6) is -1.51. The van der Waals surface area contributed by atoms with Gasteiger partial charge < -0.3 is 21.4 Å². The summed E-state index contributed by atoms with van der Waals surface area (Å²) in [5, 5.41) is 4.71. The Balaban J connectivity index is 1.96. The van der Waals surface area contributed by atoms with Gasteiger partial charge in [0.2, 0.25) is 11.8 Å². The first-order valence-electron chi connectivity index (χ1n) is 8.60. The van der Waals surface area contributed by atoms with Crippen LogP contribution in [0.1, 0.15) is 17.7 Å². The van der Waals surface area contributed by atoms with Crippen LogP contribution in [-0.2, 0) is 26.0 Å². The Morgan fingerprint density at radius 1 is 1.21 bits per heavy atom. The Bertz CT molecular complexity index is 957. The number of primary amides is 1. The highest BCUT2D eigenvalue weighted by atomic mass is 32.2. The second-order valence-corrected chi connectivity index (χ2v) is 7.92. The Morgan fingerprint density at radius 2 is 1.90 bits per heavy atom. The molecule has 0 aliphatic carbocycles. The van der Waals surface area contributed by atoms with Crippen molar-refractivity contribution in [3.05, 3.63) is 48.0 Å². The van der Waals surface area contributed by atoms with Crippen molar-refractivity contribution < 1.29 is 22.8 Å². The van der Waals surface area contributed by atoms with Crippen LogP contribution in [0.5, 0.6) is 0 Å². The quantitative estimate of drug-likeness (QED) is 0.357. The summed E-state index contributed by atoms with van der Waals surface area (Å²) in [4.78, 5) is 42.2. The van der Waals surface area contributed by atoms with Crippen LogP contribution in [0.2, 0.25) is 0 Å². The number of nitrogens with two attached hydrogens (primary N) is 1. The van der Waals surface area contributed by atoms with Gasteiger partial charge in [0.15, 0.2) is 0 Å². The number of rotatable bonds is 9. The summed E-state index contributed by atoms with van der Waals surface area (Å²) in [6.45, 7) is 2.00. The van der Waals surface area contributed by atoms with Crippen molar-refractivity contribution in [2.24, 2.45) is 5.73 Å². The molecule has 0 fully saturated rings. The Labute approximate surface area is 167 Å². The third kappa shape index (κ3) is 6.92. The molecular weight excluding hydrogens is 400 g/mol. The lowest BCUT2D eigenvalue weighted by Crippen LogP contribution is -2.52. The van der Waals surface area contributed by atoms with E-state index in [1.54, 1.807) is 30.0 Å². The Kier molecular flexibility index (Phi) is 7.31. The molecule has 0 radical (unpaired) electrons. The number of amides is 4. The molecule has 2 aromatic rings. The molecule has 0 spiro atoms. The monoisotopic (exact) mass is 422 g/mol. The molecule has 1 aromatic carbocycles. The topological polar surface area (TPSA) is 176 Å². The number of imidazole rings is 1. The fourth-order valence-corrected chi connectivity index (χ4v) is 3.28. The smallest absolute Gasteiger partial charge is 0.329 e. The van der Waals surface area contributed by atoms with Crippen LogP contribution >= 0.6 is 0 Å². The zero-order valence-corrected chi connectivity index (χ0v) is 16.5. The molecule has 0 saturated carbocycles. The molecule has 12 heteroatoms. The minimum atomic E-state index is -4.14. The average molecular weight is 422 g/mol. The van der Waals surface area contributed by atoms with Crippen molar-refractivity contribution in [1.29, 1.82) is 0 Å². The van der Waals surface area contributed by atoms with E-state index in [0.29, 0.717) is 6.42 Å². The van der Waals surface area contributed by atoms with Crippen LogP contribution < -0.4 is 21.1 Å². The molecule has 1 aromatic heterocycles. The second kappa shape index (κ2) is 9.68. The van der Waals surface area contributed by atoms with Crippen molar-refractivity contribution in [3.8, 4) is 0 Å². The molecular formula is C17H22N6O5S. The van der Waals surface area contributed by atoms with Crippen molar-refractivity contribution in [3.63, 3.8) is 0 Å². The highest BCUT2D eigenvalue weighted by molar-refractivity contribution is 7.90. The van der Waals surface area contributed by atoms with Crippen LogP contribution in [-0.4, -0.2) is 48.8 Å². The largest absolute Gasteiger partial charge is 0.370 e. The number of hydrogen-bond donors (Lipinski definition) is 5. The van der Waals surface area contributed by atoms with E-state index in [-0.39, 0.29) is 11.4 Å². The second-order valence-electron chi connectivity index (χ2n) is 6.23. The number of aromatic nitrogens is 2. The van der Waals surface area contributed by atoms with Crippen LogP contribution in [0.4, 0.5) is 4.79 Å². The van der Waals surface area contributed by atoms with E-state index in [0.717, 1.165) is 11.3 Å². The third-order valence-electron chi connectivity index (χ3n) is 3.83. The number of benzene rings is 1. The predicted molar refractivity (Wildman–Crippen MR) is 103 cm³/mol. The van der Waals surface area contributed by atoms with E-state index >= 15 is 0 Å². The number of H-pyrrole nitrogens is 1. The highest BCUT2D eigenvalue weighted by Gasteiger charge is 2.25. The molecule has 1 atom stereocenters. The molecule has 4 amide bonds. The molecule has 1 heterocycles. The van der Waals surface area contributed by atoms with E-state index in [2.05, 4.69) is 20.6 Å². The van der Waals surface area contributed by atoms with Gasteiger partial charge in [-0.3, -0.25) is 9.59 Å². The van der Waals surface area contributed by atoms with Crippen molar-refractivity contribution in [2.75, 3.05) is 6.54 Å². The summed E-state index contributed by atoms with van der Waals surface area (Å²) >= 11 is 0. The van der Waals surface area contributed by atoms with Crippen molar-refractivity contribution in [2.45, 2.75) is 30.7 Å². The fraction of sp³-hybridized carbons (Fsp3) is 0.294. The number of hydrogen-bond acceptors (Lipinski definition) is 6. The summed E-state index contributed by atoms with van der Waals surface area (Å²) in [6, 6.07) is 3.36. The molecule has 29 heavy (non-hydrogen) atoms. The van der Waals surface area contributed by atoms with E-state index in [1.165, 1.54) is 18.5 Å². The number of nitrogens with one attached hydrogen (secondary N) is 4. The first-order chi connectivity index (χ1) is 13.7. The van der Waals surface area contributed by atoms with Gasteiger partial charge in [0.1, 0.15) is 6.04 Å². The number of aryl methyl sites for hydroxylation is 1. The lowest BCUT2D eigenvalue weighted by Gasteiger charge is -2.17. The van der Waals surface area contributed by atoms with E-state index < -0.39 is 40.3 Å². The van der Waals surface area contributed by atoms with Gasteiger partial charge in [-0.05, 0) is 19.1 Å². The predicted octanol–water partition coefficient (Wildman–Crippen LogP) is -0.691. The van der Waals surface area contributed by atoms with Crippen LogP contribution in [0.15, 0.2) is 41.7 Å². The lowest BCUT2D eigenvalue weighted by molar-refractivity contribution is -0.126. The van der Waals surface area contributed by atoms with Gasteiger partial charge in [0, 0.05) is 24.9 Å². The molecule has 11 nitrogen and oxygen atoms in total. The molecule has 0 aliphatic heterocycles. The maximum absolute atomic E-state index is 12.3. The number of sulfonamides is 1. The van der Waals surface area contributed by atoms with Gasteiger partial charge in [-0.1, -0.05) is 17.7 Å². The number of urea groups is 1. The van der Waals surface area contributed by atoms with Crippen molar-refractivity contribution in [1.82, 2.24) is 25.3 Å². The standard InChI is InChI=1S/C17H22N6O5S/c1-11-2-4-13(5-3-11)29(27,28)23-17(26)22-14(8-15(18)24)16(25)20-7-6-12-9-19-10-21-12/h2-5,9-10,14H,6-8H2,1H3,(H2,18,24)(H,19,21)(H,20,25)(H2,22,23,26)/t14-/m0/s1. The summed E-state index contributed by atoms with van der Waals surface area (Å²) in [6.07, 6.45) is 3.04. The number of carbonyl (C=O) groups is 3. The fourth-order valence-electron chi connectivity index (χ4n) is 2.36. The molecule has 6 N–H and O–H groups in total. The Hall–Kier alpha value is -3.41. The Morgan fingerprint density at radius 3 is 2.48 bits per heavy atom. The van der Waals surface area contributed by atoms with Crippen LogP contribution in [0.25, 0.3) is 0 Å². The minimum absolute atomic E-state index is 0.117. The van der Waals surface area contributed by atoms with Gasteiger partial charge in [-0.2, -0.15) is 0 Å². The summed E-state index contributed by atoms with van der Waals surface area (Å²) in [7, 11) is -4.14. The zero-order valence-electron chi connectivity index (χ0n) is 15.6. The number of aromatic amines is 1. The van der Waals surface area contributed by atoms with Gasteiger partial charge in [0.25, 0.3) is 10.0 Å². The highest BCUT2D eigenvalue weighted by Crippen LogP contribution is 2.09. The molecule has 2 rings (SSSR count). The first-order valence-corrected chi connectivity index (χ1v) is 10.1. The van der Waals surface area contributed by atoms with Crippen LogP contribution in [0, 0.1) is 6.92 Å². The molecule has 0 unspecified atom stereocenters. The van der Waals surface area contributed by atoms with Gasteiger partial charge in [0.05, 0.1) is 17.6 Å². The molecule has 156 valence electrons. The normalized spacial score (nSPS) is 12.0. The van der Waals surface area contributed by atoms with Crippen molar-refractivity contribution >= 4 is 27.9 Å². The molecule has 0 saturated heterocycles. The third-order valence-corrected chi connectivity index (χ3v) is 5.18. The maximum Gasteiger partial charge on any atom is 0.329 e. The minimum Gasteiger partial charge on any atom is -0.370 e. The zero-order chi connectivity index (χ0) is 21.4.